The molecular formula is C34H42N3O7S+. The molecule has 0 amide bonds. The minimum absolute atomic E-state index is 0.0400. The standard InChI is InChI=1S/C34H42N3O7S/c1-22(2)43-26-13-14-30-28(21-26)31(34(39)44-32-23(3)19-25(20-24(32)4)33(38)42-7)27-11-8-9-12-29(27)37(30)16-10-18-45(40,41)35-15-17-36(5)6/h8-9,11-14,19-22,35H,10,15-18H2,1-7H3/q+1. The van der Waals surface area contributed by atoms with Crippen molar-refractivity contribution in [1.82, 2.24) is 9.62 Å². The Bertz CT molecular complexity index is 1810. The quantitative estimate of drug-likeness (QED) is 0.0984. The molecule has 1 aromatic heterocycles. The van der Waals surface area contributed by atoms with Crippen LogP contribution in [0.1, 0.15) is 52.1 Å². The molecule has 0 aliphatic rings. The van der Waals surface area contributed by atoms with Gasteiger partial charge in [0.25, 0.3) is 0 Å². The molecule has 0 spiro atoms. The van der Waals surface area contributed by atoms with Crippen molar-refractivity contribution in [3.63, 3.8) is 0 Å². The molecular weight excluding hydrogens is 594 g/mol. The van der Waals surface area contributed by atoms with Crippen LogP contribution < -0.4 is 18.8 Å². The number of rotatable bonds is 13. The van der Waals surface area contributed by atoms with Crippen LogP contribution in [0.25, 0.3) is 21.8 Å². The zero-order valence-corrected chi connectivity index (χ0v) is 27.8. The number of sulfonamides is 1. The summed E-state index contributed by atoms with van der Waals surface area (Å²) in [7, 11) is 1.64. The fourth-order valence-electron chi connectivity index (χ4n) is 5.35. The first kappa shape index (κ1) is 33.8. The number of esters is 2. The third-order valence-electron chi connectivity index (χ3n) is 7.32. The van der Waals surface area contributed by atoms with Crippen molar-refractivity contribution in [3.05, 3.63) is 76.9 Å². The van der Waals surface area contributed by atoms with E-state index < -0.39 is 22.0 Å². The first-order valence-corrected chi connectivity index (χ1v) is 16.5. The Hall–Kier alpha value is -4.06. The number of fused-ring (bicyclic) bond motifs is 2. The van der Waals surface area contributed by atoms with E-state index in [4.69, 9.17) is 14.2 Å². The molecule has 0 atom stereocenters. The normalized spacial score (nSPS) is 11.8. The van der Waals surface area contributed by atoms with Gasteiger partial charge in [0, 0.05) is 31.6 Å². The molecule has 240 valence electrons. The van der Waals surface area contributed by atoms with Crippen molar-refractivity contribution in [2.24, 2.45) is 0 Å². The summed E-state index contributed by atoms with van der Waals surface area (Å²) in [6.07, 6.45) is 0.272. The molecule has 3 aromatic carbocycles. The summed E-state index contributed by atoms with van der Waals surface area (Å²) in [5.74, 6) is -0.117. The first-order valence-electron chi connectivity index (χ1n) is 14.9. The Balaban J connectivity index is 1.79. The average molecular weight is 637 g/mol. The van der Waals surface area contributed by atoms with Crippen LogP contribution in [0.15, 0.2) is 54.6 Å². The number of methoxy groups -OCH3 is 1. The predicted octanol–water partition coefficient (Wildman–Crippen LogP) is 4.56. The summed E-state index contributed by atoms with van der Waals surface area (Å²) in [6, 6.07) is 16.3. The number of nitrogens with zero attached hydrogens (tertiary/aromatic N) is 2. The molecule has 45 heavy (non-hydrogen) atoms. The maximum absolute atomic E-state index is 14.1. The molecule has 0 bridgehead atoms. The van der Waals surface area contributed by atoms with Crippen LogP contribution in [0, 0.1) is 13.8 Å². The van der Waals surface area contributed by atoms with E-state index >= 15 is 0 Å². The van der Waals surface area contributed by atoms with Crippen molar-refractivity contribution >= 4 is 43.8 Å². The van der Waals surface area contributed by atoms with E-state index in [0.717, 1.165) is 11.0 Å². The number of para-hydroxylation sites is 1. The van der Waals surface area contributed by atoms with Gasteiger partial charge >= 0.3 is 11.9 Å². The predicted molar refractivity (Wildman–Crippen MR) is 175 cm³/mol. The highest BCUT2D eigenvalue weighted by Crippen LogP contribution is 2.32. The minimum atomic E-state index is -3.46. The van der Waals surface area contributed by atoms with Crippen LogP contribution in [0.4, 0.5) is 0 Å². The molecule has 1 N–H and O–H groups in total. The highest BCUT2D eigenvalue weighted by molar-refractivity contribution is 7.89. The Labute approximate surface area is 264 Å². The molecule has 11 heteroatoms. The van der Waals surface area contributed by atoms with Crippen LogP contribution >= 0.6 is 0 Å². The number of pyridine rings is 1. The highest BCUT2D eigenvalue weighted by Gasteiger charge is 2.27. The molecule has 0 fully saturated rings. The minimum Gasteiger partial charge on any atom is -0.491 e. The number of hydrogen-bond acceptors (Lipinski definition) is 8. The van der Waals surface area contributed by atoms with E-state index in [9.17, 15) is 18.0 Å². The zero-order chi connectivity index (χ0) is 32.9. The molecule has 0 aliphatic heterocycles. The fraction of sp³-hybridized carbons (Fsp3) is 0.382. The molecule has 0 aliphatic carbocycles. The van der Waals surface area contributed by atoms with E-state index in [1.165, 1.54) is 7.11 Å². The van der Waals surface area contributed by atoms with Gasteiger partial charge in [-0.2, -0.15) is 4.57 Å². The van der Waals surface area contributed by atoms with E-state index in [1.54, 1.807) is 26.0 Å². The van der Waals surface area contributed by atoms with Gasteiger partial charge in [-0.3, -0.25) is 0 Å². The second-order valence-electron chi connectivity index (χ2n) is 11.6. The van der Waals surface area contributed by atoms with Crippen LogP contribution in [-0.4, -0.2) is 71.4 Å². The molecule has 10 nitrogen and oxygen atoms in total. The molecule has 0 saturated heterocycles. The molecule has 0 unspecified atom stereocenters. The molecule has 0 radical (unpaired) electrons. The van der Waals surface area contributed by atoms with Gasteiger partial charge < -0.3 is 19.1 Å². The lowest BCUT2D eigenvalue weighted by Gasteiger charge is -2.16. The second kappa shape index (κ2) is 14.4. The Morgan fingerprint density at radius 1 is 0.933 bits per heavy atom. The number of aryl methyl sites for hydroxylation is 3. The lowest BCUT2D eigenvalue weighted by molar-refractivity contribution is -0.645. The van der Waals surface area contributed by atoms with Crippen molar-refractivity contribution in [2.45, 2.75) is 46.8 Å². The van der Waals surface area contributed by atoms with Crippen molar-refractivity contribution in [3.8, 4) is 11.5 Å². The first-order chi connectivity index (χ1) is 21.3. The molecule has 4 aromatic rings. The van der Waals surface area contributed by atoms with Gasteiger partial charge in [-0.05, 0) is 83.2 Å². The Morgan fingerprint density at radius 3 is 2.24 bits per heavy atom. The number of nitrogens with one attached hydrogen (secondary N) is 1. The van der Waals surface area contributed by atoms with Crippen LogP contribution in [-0.2, 0) is 21.3 Å². The molecule has 0 saturated carbocycles. The number of hydrogen-bond donors (Lipinski definition) is 1. The van der Waals surface area contributed by atoms with E-state index in [-0.39, 0.29) is 11.9 Å². The Kier molecular flexibility index (Phi) is 10.8. The summed E-state index contributed by atoms with van der Waals surface area (Å²) in [5, 5.41) is 1.27. The highest BCUT2D eigenvalue weighted by atomic mass is 32.2. The lowest BCUT2D eigenvalue weighted by atomic mass is 10.0. The van der Waals surface area contributed by atoms with Crippen LogP contribution in [0.5, 0.6) is 11.5 Å². The molecule has 1 heterocycles. The van der Waals surface area contributed by atoms with E-state index in [1.807, 2.05) is 79.9 Å². The van der Waals surface area contributed by atoms with Gasteiger partial charge in [0.15, 0.2) is 6.54 Å². The summed E-state index contributed by atoms with van der Waals surface area (Å²) in [5.41, 5.74) is 3.47. The van der Waals surface area contributed by atoms with Crippen molar-refractivity contribution in [2.75, 3.05) is 40.0 Å². The smallest absolute Gasteiger partial charge is 0.345 e. The van der Waals surface area contributed by atoms with Gasteiger partial charge in [0.1, 0.15) is 11.5 Å². The van der Waals surface area contributed by atoms with Gasteiger partial charge in [-0.25, -0.2) is 22.7 Å². The number of likely N-dealkylation sites (N-methyl/N-ethyl adjacent to an activating group) is 1. The van der Waals surface area contributed by atoms with Crippen LogP contribution in [0.2, 0.25) is 0 Å². The lowest BCUT2D eigenvalue weighted by Crippen LogP contribution is -2.39. The second-order valence-corrected chi connectivity index (χ2v) is 13.5. The van der Waals surface area contributed by atoms with Gasteiger partial charge in [0.05, 0.1) is 40.9 Å². The summed E-state index contributed by atoms with van der Waals surface area (Å²) in [4.78, 5) is 28.1. The third kappa shape index (κ3) is 8.16. The van der Waals surface area contributed by atoms with Gasteiger partial charge in [-0.15, -0.1) is 0 Å². The zero-order valence-electron chi connectivity index (χ0n) is 27.0. The van der Waals surface area contributed by atoms with Gasteiger partial charge in [0.2, 0.25) is 21.1 Å². The number of ether oxygens (including phenoxy) is 3. The topological polar surface area (TPSA) is 115 Å². The van der Waals surface area contributed by atoms with Crippen molar-refractivity contribution < 1.29 is 36.8 Å². The van der Waals surface area contributed by atoms with Crippen LogP contribution in [0.3, 0.4) is 0 Å². The monoisotopic (exact) mass is 636 g/mol. The Morgan fingerprint density at radius 2 is 1.60 bits per heavy atom. The van der Waals surface area contributed by atoms with Crippen molar-refractivity contribution in [1.29, 1.82) is 0 Å². The maximum Gasteiger partial charge on any atom is 0.345 e. The summed E-state index contributed by atoms with van der Waals surface area (Å²) in [6.45, 7) is 8.75. The molecule has 4 rings (SSSR count). The van der Waals surface area contributed by atoms with E-state index in [2.05, 4.69) is 4.72 Å². The third-order valence-corrected chi connectivity index (χ3v) is 8.79. The number of benzene rings is 3. The number of carbonyl (C=O) groups is 2. The average Bonchev–Trinajstić information content (AvgIpc) is 2.97. The largest absolute Gasteiger partial charge is 0.491 e. The van der Waals surface area contributed by atoms with E-state index in [0.29, 0.717) is 70.6 Å². The summed E-state index contributed by atoms with van der Waals surface area (Å²) < 4.78 is 47.0. The summed E-state index contributed by atoms with van der Waals surface area (Å²) >= 11 is 0. The fourth-order valence-corrected chi connectivity index (χ4v) is 6.41. The van der Waals surface area contributed by atoms with Gasteiger partial charge in [-0.1, -0.05) is 12.1 Å². The number of carbonyl (C=O) groups excluding carboxylic acids is 2. The SMILES string of the molecule is COC(=O)c1cc(C)c(OC(=O)c2c3ccccc3[n+](CCCS(=O)(=O)NCCN(C)C)c3ccc(OC(C)C)cc23)c(C)c1. The maximum atomic E-state index is 14.1. The number of aromatic nitrogens is 1.